The summed E-state index contributed by atoms with van der Waals surface area (Å²) in [5.41, 5.74) is 1.66. The predicted molar refractivity (Wildman–Crippen MR) is 63.5 cm³/mol. The quantitative estimate of drug-likeness (QED) is 0.623. The van der Waals surface area contributed by atoms with E-state index in [1.165, 1.54) is 19.3 Å². The van der Waals surface area contributed by atoms with Gasteiger partial charge in [-0.15, -0.1) is 0 Å². The molecule has 0 N–H and O–H groups in total. The van der Waals surface area contributed by atoms with E-state index in [0.717, 1.165) is 5.92 Å². The fourth-order valence-electron chi connectivity index (χ4n) is 2.11. The summed E-state index contributed by atoms with van der Waals surface area (Å²) in [6, 6.07) is 1.34. The molecule has 1 atom stereocenters. The minimum atomic E-state index is 0.655. The Morgan fingerprint density at radius 3 is 2.43 bits per heavy atom. The van der Waals surface area contributed by atoms with Crippen molar-refractivity contribution in [2.24, 2.45) is 5.92 Å². The fraction of sp³-hybridized carbons (Fsp3) is 0.846. The van der Waals surface area contributed by atoms with Gasteiger partial charge in [-0.25, -0.2) is 0 Å². The van der Waals surface area contributed by atoms with E-state index < -0.39 is 0 Å². The molecule has 1 rings (SSSR count). The Bertz CT molecular complexity index is 203. The molecule has 1 nitrogen and oxygen atoms in total. The van der Waals surface area contributed by atoms with Crippen LogP contribution in [0.25, 0.3) is 0 Å². The average Bonchev–Trinajstić information content (AvgIpc) is 2.16. The first kappa shape index (κ1) is 11.8. The zero-order valence-corrected chi connectivity index (χ0v) is 10.4. The first-order chi connectivity index (χ1) is 6.52. The van der Waals surface area contributed by atoms with Crippen molar-refractivity contribution in [3.8, 4) is 0 Å². The lowest BCUT2D eigenvalue weighted by atomic mass is 9.88. The Morgan fingerprint density at radius 2 is 1.93 bits per heavy atom. The lowest BCUT2D eigenvalue weighted by Crippen LogP contribution is -2.37. The zero-order valence-electron chi connectivity index (χ0n) is 10.4. The van der Waals surface area contributed by atoms with E-state index >= 15 is 0 Å². The van der Waals surface area contributed by atoms with E-state index in [4.69, 9.17) is 0 Å². The van der Waals surface area contributed by atoms with Crippen LogP contribution in [-0.2, 0) is 0 Å². The van der Waals surface area contributed by atoms with Crippen LogP contribution in [0.4, 0.5) is 0 Å². The highest BCUT2D eigenvalue weighted by Crippen LogP contribution is 2.26. The van der Waals surface area contributed by atoms with Gasteiger partial charge in [0.25, 0.3) is 0 Å². The molecule has 0 amide bonds. The SMILES string of the molecule is CC(C)C1=CC(N(C)C(C)C)CCC1. The van der Waals surface area contributed by atoms with Gasteiger partial charge in [0.15, 0.2) is 0 Å². The van der Waals surface area contributed by atoms with Crippen LogP contribution >= 0.6 is 0 Å². The molecule has 0 aliphatic heterocycles. The van der Waals surface area contributed by atoms with Crippen molar-refractivity contribution in [3.05, 3.63) is 11.6 Å². The van der Waals surface area contributed by atoms with Crippen LogP contribution in [0.1, 0.15) is 47.0 Å². The fourth-order valence-corrected chi connectivity index (χ4v) is 2.11. The van der Waals surface area contributed by atoms with Crippen LogP contribution in [0.3, 0.4) is 0 Å². The smallest absolute Gasteiger partial charge is 0.0280 e. The van der Waals surface area contributed by atoms with Crippen LogP contribution in [0.5, 0.6) is 0 Å². The molecule has 1 aliphatic carbocycles. The van der Waals surface area contributed by atoms with Crippen molar-refractivity contribution in [3.63, 3.8) is 0 Å². The third-order valence-electron chi connectivity index (χ3n) is 3.45. The molecule has 14 heavy (non-hydrogen) atoms. The van der Waals surface area contributed by atoms with Crippen molar-refractivity contribution in [2.45, 2.75) is 59.0 Å². The number of rotatable bonds is 3. The molecule has 0 heterocycles. The van der Waals surface area contributed by atoms with E-state index in [-0.39, 0.29) is 0 Å². The van der Waals surface area contributed by atoms with Crippen LogP contribution in [0.2, 0.25) is 0 Å². The Kier molecular flexibility index (Phi) is 4.18. The minimum Gasteiger partial charge on any atom is -0.298 e. The van der Waals surface area contributed by atoms with Crippen molar-refractivity contribution in [1.29, 1.82) is 0 Å². The first-order valence-corrected chi connectivity index (χ1v) is 5.95. The maximum atomic E-state index is 2.51. The van der Waals surface area contributed by atoms with Crippen molar-refractivity contribution in [2.75, 3.05) is 7.05 Å². The van der Waals surface area contributed by atoms with Crippen molar-refractivity contribution in [1.82, 2.24) is 4.90 Å². The molecule has 0 aromatic rings. The Labute approximate surface area is 89.2 Å². The predicted octanol–water partition coefficient (Wildman–Crippen LogP) is 3.46. The number of allylic oxidation sites excluding steroid dienone is 1. The lowest BCUT2D eigenvalue weighted by Gasteiger charge is -2.33. The summed E-state index contributed by atoms with van der Waals surface area (Å²) >= 11 is 0. The maximum Gasteiger partial charge on any atom is 0.0280 e. The molecule has 0 aromatic carbocycles. The highest BCUT2D eigenvalue weighted by Gasteiger charge is 2.20. The molecule has 0 spiro atoms. The van der Waals surface area contributed by atoms with Crippen molar-refractivity contribution < 1.29 is 0 Å². The van der Waals surface area contributed by atoms with Crippen LogP contribution in [0.15, 0.2) is 11.6 Å². The molecule has 0 saturated heterocycles. The van der Waals surface area contributed by atoms with E-state index in [2.05, 4.69) is 45.7 Å². The van der Waals surface area contributed by atoms with E-state index in [1.54, 1.807) is 5.57 Å². The summed E-state index contributed by atoms with van der Waals surface area (Å²) < 4.78 is 0. The highest BCUT2D eigenvalue weighted by atomic mass is 15.1. The number of hydrogen-bond acceptors (Lipinski definition) is 1. The van der Waals surface area contributed by atoms with Crippen LogP contribution in [0, 0.1) is 5.92 Å². The summed E-state index contributed by atoms with van der Waals surface area (Å²) in [5, 5.41) is 0. The van der Waals surface area contributed by atoms with Gasteiger partial charge in [-0.2, -0.15) is 0 Å². The van der Waals surface area contributed by atoms with Gasteiger partial charge in [-0.1, -0.05) is 25.5 Å². The van der Waals surface area contributed by atoms with E-state index in [0.29, 0.717) is 12.1 Å². The molecule has 0 fully saturated rings. The Morgan fingerprint density at radius 1 is 1.29 bits per heavy atom. The van der Waals surface area contributed by atoms with Gasteiger partial charge in [0.05, 0.1) is 0 Å². The largest absolute Gasteiger partial charge is 0.298 e. The van der Waals surface area contributed by atoms with E-state index in [1.807, 2.05) is 0 Å². The van der Waals surface area contributed by atoms with Gasteiger partial charge < -0.3 is 0 Å². The molecule has 82 valence electrons. The molecule has 0 saturated carbocycles. The number of nitrogens with zero attached hydrogens (tertiary/aromatic N) is 1. The normalized spacial score (nSPS) is 23.4. The van der Waals surface area contributed by atoms with Gasteiger partial charge >= 0.3 is 0 Å². The van der Waals surface area contributed by atoms with Gasteiger partial charge in [0.2, 0.25) is 0 Å². The lowest BCUT2D eigenvalue weighted by molar-refractivity contribution is 0.210. The molecule has 1 aliphatic rings. The summed E-state index contributed by atoms with van der Waals surface area (Å²) in [7, 11) is 2.25. The van der Waals surface area contributed by atoms with Gasteiger partial charge in [0.1, 0.15) is 0 Å². The van der Waals surface area contributed by atoms with Gasteiger partial charge in [-0.05, 0) is 46.1 Å². The van der Waals surface area contributed by atoms with Gasteiger partial charge in [0, 0.05) is 12.1 Å². The third kappa shape index (κ3) is 2.84. The highest BCUT2D eigenvalue weighted by molar-refractivity contribution is 5.13. The second-order valence-corrected chi connectivity index (χ2v) is 5.12. The summed E-state index contributed by atoms with van der Waals surface area (Å²) in [4.78, 5) is 2.49. The maximum absolute atomic E-state index is 2.51. The second-order valence-electron chi connectivity index (χ2n) is 5.12. The standard InChI is InChI=1S/C13H25N/c1-10(2)12-7-6-8-13(9-12)14(5)11(3)4/h9-11,13H,6-8H2,1-5H3. The second kappa shape index (κ2) is 4.97. The first-order valence-electron chi connectivity index (χ1n) is 5.95. The molecule has 0 aromatic heterocycles. The zero-order chi connectivity index (χ0) is 10.7. The molecule has 1 heteroatoms. The van der Waals surface area contributed by atoms with E-state index in [9.17, 15) is 0 Å². The molecule has 1 unspecified atom stereocenters. The Balaban J connectivity index is 2.67. The third-order valence-corrected chi connectivity index (χ3v) is 3.45. The van der Waals surface area contributed by atoms with Crippen molar-refractivity contribution >= 4 is 0 Å². The molecule has 0 bridgehead atoms. The molecule has 0 radical (unpaired) electrons. The topological polar surface area (TPSA) is 3.24 Å². The average molecular weight is 195 g/mol. The number of hydrogen-bond donors (Lipinski definition) is 0. The van der Waals surface area contributed by atoms with Crippen LogP contribution in [-0.4, -0.2) is 24.0 Å². The summed E-state index contributed by atoms with van der Waals surface area (Å²) in [6.07, 6.45) is 6.53. The van der Waals surface area contributed by atoms with Crippen LogP contribution < -0.4 is 0 Å². The van der Waals surface area contributed by atoms with Gasteiger partial charge in [-0.3, -0.25) is 4.90 Å². The Hall–Kier alpha value is -0.300. The molecular weight excluding hydrogens is 170 g/mol. The number of likely N-dealkylation sites (N-methyl/N-ethyl adjacent to an activating group) is 1. The monoisotopic (exact) mass is 195 g/mol. The minimum absolute atomic E-state index is 0.655. The summed E-state index contributed by atoms with van der Waals surface area (Å²) in [6.45, 7) is 9.17. The summed E-state index contributed by atoms with van der Waals surface area (Å²) in [5.74, 6) is 0.735. The molecular formula is C13H25N.